The van der Waals surface area contributed by atoms with Crippen molar-refractivity contribution in [1.29, 1.82) is 0 Å². The zero-order valence-electron chi connectivity index (χ0n) is 12.5. The van der Waals surface area contributed by atoms with Crippen molar-refractivity contribution in [2.45, 2.75) is 12.8 Å². The number of aliphatic carboxylic acids is 2. The summed E-state index contributed by atoms with van der Waals surface area (Å²) in [4.78, 5) is 20.3. The number of carboxylic acids is 2. The average molecular weight is 340 g/mol. The Balaban J connectivity index is 0.000000403. The van der Waals surface area contributed by atoms with E-state index in [0.29, 0.717) is 22.5 Å². The van der Waals surface area contributed by atoms with Crippen LogP contribution in [0.2, 0.25) is 0 Å². The van der Waals surface area contributed by atoms with Crippen LogP contribution in [0, 0.1) is 0 Å². The Bertz CT molecular complexity index is 605. The van der Waals surface area contributed by atoms with Crippen molar-refractivity contribution in [2.75, 3.05) is 11.5 Å². The third-order valence-electron chi connectivity index (χ3n) is 2.78. The first-order chi connectivity index (χ1) is 10.4. The summed E-state index contributed by atoms with van der Waals surface area (Å²) in [6, 6.07) is 13.7. The molecule has 0 heterocycles. The molecule has 0 bridgehead atoms. The van der Waals surface area contributed by atoms with Gasteiger partial charge in [-0.15, -0.1) is 0 Å². The third-order valence-corrected chi connectivity index (χ3v) is 2.78. The van der Waals surface area contributed by atoms with Crippen molar-refractivity contribution in [3.8, 4) is 0 Å². The molecule has 23 heavy (non-hydrogen) atoms. The number of hydrogen-bond acceptors (Lipinski definition) is 6. The normalized spacial score (nSPS) is 9.04. The summed E-state index contributed by atoms with van der Waals surface area (Å²) < 4.78 is 0. The first-order valence-corrected chi connectivity index (χ1v) is 6.46. The zero-order valence-corrected chi connectivity index (χ0v) is 14.7. The van der Waals surface area contributed by atoms with Crippen molar-refractivity contribution >= 4 is 61.1 Å². The van der Waals surface area contributed by atoms with Gasteiger partial charge in [0.1, 0.15) is 0 Å². The maximum atomic E-state index is 10.2. The Morgan fingerprint density at radius 2 is 1.04 bits per heavy atom. The Labute approximate surface area is 164 Å². The van der Waals surface area contributed by atoms with Crippen LogP contribution in [0.3, 0.4) is 0 Å². The molecule has 0 amide bonds. The minimum atomic E-state index is -1.11. The van der Waals surface area contributed by atoms with Gasteiger partial charge < -0.3 is 31.3 Å². The van der Waals surface area contributed by atoms with E-state index >= 15 is 0 Å². The quantitative estimate of drug-likeness (QED) is 0.527. The predicted molar refractivity (Wildman–Crippen MR) is 84.9 cm³/mol. The number of hydrogen-bond donors (Lipinski definition) is 2. The summed E-state index contributed by atoms with van der Waals surface area (Å²) in [6.07, 6.45) is -0.237. The molecule has 7 heteroatoms. The number of carbonyl (C=O) groups is 2. The Hall–Kier alpha value is -1.76. The molecule has 0 aromatic heterocycles. The summed E-state index contributed by atoms with van der Waals surface area (Å²) in [5.74, 6) is -2.22. The summed E-state index contributed by atoms with van der Waals surface area (Å²) in [6.45, 7) is 0. The van der Waals surface area contributed by atoms with Crippen LogP contribution in [0.15, 0.2) is 48.5 Å². The zero-order chi connectivity index (χ0) is 16.5. The van der Waals surface area contributed by atoms with Gasteiger partial charge in [0.15, 0.2) is 0 Å². The number of anilines is 2. The second-order valence-electron chi connectivity index (χ2n) is 4.50. The Kier molecular flexibility index (Phi) is 10.0. The predicted octanol–water partition coefficient (Wildman–Crippen LogP) is -1.26. The van der Waals surface area contributed by atoms with Gasteiger partial charge in [0.25, 0.3) is 0 Å². The molecule has 0 aliphatic carbocycles. The van der Waals surface area contributed by atoms with Gasteiger partial charge in [0, 0.05) is 36.2 Å². The van der Waals surface area contributed by atoms with Crippen molar-refractivity contribution in [2.24, 2.45) is 0 Å². The molecule has 0 aliphatic rings. The molecular formula is C16H16CaN2O4. The number of rotatable bonds is 4. The Morgan fingerprint density at radius 1 is 0.739 bits per heavy atom. The molecule has 116 valence electrons. The molecule has 4 N–H and O–H groups in total. The fourth-order valence-corrected chi connectivity index (χ4v) is 1.70. The minimum absolute atomic E-state index is 0. The molecule has 0 fully saturated rings. The summed E-state index contributed by atoms with van der Waals surface area (Å²) in [5.41, 5.74) is 13.2. The van der Waals surface area contributed by atoms with Gasteiger partial charge in [-0.25, -0.2) is 0 Å². The van der Waals surface area contributed by atoms with Crippen LogP contribution < -0.4 is 21.7 Å². The monoisotopic (exact) mass is 340 g/mol. The van der Waals surface area contributed by atoms with Gasteiger partial charge in [-0.1, -0.05) is 36.4 Å². The molecule has 2 rings (SSSR count). The average Bonchev–Trinajstić information content (AvgIpc) is 2.44. The van der Waals surface area contributed by atoms with E-state index in [2.05, 4.69) is 0 Å². The first-order valence-electron chi connectivity index (χ1n) is 6.46. The van der Waals surface area contributed by atoms with E-state index in [1.165, 1.54) is 0 Å². The van der Waals surface area contributed by atoms with Gasteiger partial charge in [-0.3, -0.25) is 0 Å². The van der Waals surface area contributed by atoms with Gasteiger partial charge in [0.2, 0.25) is 0 Å². The van der Waals surface area contributed by atoms with Crippen molar-refractivity contribution in [3.05, 3.63) is 59.7 Å². The molecule has 0 radical (unpaired) electrons. The number of para-hydroxylation sites is 2. The van der Waals surface area contributed by atoms with Crippen LogP contribution in [-0.4, -0.2) is 49.7 Å². The largest absolute Gasteiger partial charge is 2.00 e. The summed E-state index contributed by atoms with van der Waals surface area (Å²) in [5, 5.41) is 20.3. The van der Waals surface area contributed by atoms with Gasteiger partial charge in [-0.2, -0.15) is 0 Å². The Morgan fingerprint density at radius 3 is 1.30 bits per heavy atom. The molecule has 0 saturated carbocycles. The van der Waals surface area contributed by atoms with Gasteiger partial charge in [-0.05, 0) is 23.3 Å². The molecule has 2 aromatic rings. The molecule has 0 aliphatic heterocycles. The summed E-state index contributed by atoms with van der Waals surface area (Å²) in [7, 11) is 0. The van der Waals surface area contributed by atoms with Crippen molar-refractivity contribution < 1.29 is 19.8 Å². The van der Waals surface area contributed by atoms with Crippen molar-refractivity contribution in [1.82, 2.24) is 0 Å². The van der Waals surface area contributed by atoms with E-state index in [9.17, 15) is 19.8 Å². The van der Waals surface area contributed by atoms with Crippen LogP contribution in [0.4, 0.5) is 11.4 Å². The molecular weight excluding hydrogens is 324 g/mol. The smallest absolute Gasteiger partial charge is 0.550 e. The standard InChI is InChI=1S/2C8H9NO2.Ca/c2*9-7-4-2-1-3-6(7)5-8(10)11;/h2*1-4H,5,9H2,(H,10,11);/q;;+2/p-2. The summed E-state index contributed by atoms with van der Waals surface area (Å²) >= 11 is 0. The molecule has 0 saturated heterocycles. The van der Waals surface area contributed by atoms with Crippen LogP contribution in [-0.2, 0) is 22.4 Å². The number of benzene rings is 2. The topological polar surface area (TPSA) is 132 Å². The molecule has 2 aromatic carbocycles. The van der Waals surface area contributed by atoms with E-state index < -0.39 is 11.9 Å². The third kappa shape index (κ3) is 8.44. The van der Waals surface area contributed by atoms with E-state index in [4.69, 9.17) is 11.5 Å². The second-order valence-corrected chi connectivity index (χ2v) is 4.50. The van der Waals surface area contributed by atoms with Crippen LogP contribution >= 0.6 is 0 Å². The SMILES string of the molecule is Nc1ccccc1CC(=O)[O-].Nc1ccccc1CC(=O)[O-].[Ca+2]. The first kappa shape index (κ1) is 21.2. The molecule has 6 nitrogen and oxygen atoms in total. The fraction of sp³-hybridized carbons (Fsp3) is 0.125. The maximum Gasteiger partial charge on any atom is 2.00 e. The van der Waals surface area contributed by atoms with Crippen molar-refractivity contribution in [3.63, 3.8) is 0 Å². The molecule has 0 atom stereocenters. The molecule has 0 unspecified atom stereocenters. The van der Waals surface area contributed by atoms with Crippen LogP contribution in [0.5, 0.6) is 0 Å². The van der Waals surface area contributed by atoms with E-state index in [1.54, 1.807) is 48.5 Å². The van der Waals surface area contributed by atoms with E-state index in [0.717, 1.165) is 0 Å². The number of carbonyl (C=O) groups excluding carboxylic acids is 2. The van der Waals surface area contributed by atoms with Crippen LogP contribution in [0.25, 0.3) is 0 Å². The minimum Gasteiger partial charge on any atom is -0.550 e. The van der Waals surface area contributed by atoms with Gasteiger partial charge >= 0.3 is 37.7 Å². The fourth-order valence-electron chi connectivity index (χ4n) is 1.70. The number of carboxylic acid groups (broad SMARTS) is 2. The maximum absolute atomic E-state index is 10.2. The van der Waals surface area contributed by atoms with Gasteiger partial charge in [0.05, 0.1) is 0 Å². The molecule has 0 spiro atoms. The van der Waals surface area contributed by atoms with E-state index in [-0.39, 0.29) is 50.6 Å². The van der Waals surface area contributed by atoms with Crippen LogP contribution in [0.1, 0.15) is 11.1 Å². The van der Waals surface area contributed by atoms with E-state index in [1.807, 2.05) is 0 Å². The second kappa shape index (κ2) is 10.9. The number of nitrogens with two attached hydrogens (primary N) is 2. The number of nitrogen functional groups attached to an aromatic ring is 2.